The second kappa shape index (κ2) is 8.24. The van der Waals surface area contributed by atoms with E-state index < -0.39 is 0 Å². The predicted molar refractivity (Wildman–Crippen MR) is 76.6 cm³/mol. The molecule has 1 amide bonds. The van der Waals surface area contributed by atoms with Crippen LogP contribution in [0.5, 0.6) is 0 Å². The number of carbonyl (C=O) groups excluding carboxylic acids is 1. The third-order valence-corrected chi connectivity index (χ3v) is 3.01. The minimum Gasteiger partial charge on any atom is -0.393 e. The summed E-state index contributed by atoms with van der Waals surface area (Å²) in [6.45, 7) is 2.83. The molecule has 0 saturated carbocycles. The van der Waals surface area contributed by atoms with Gasteiger partial charge in [-0.2, -0.15) is 0 Å². The van der Waals surface area contributed by atoms with Crippen molar-refractivity contribution in [3.63, 3.8) is 0 Å². The topological polar surface area (TPSA) is 61.4 Å². The molecule has 1 unspecified atom stereocenters. The lowest BCUT2D eigenvalue weighted by molar-refractivity contribution is -0.115. The molecule has 4 nitrogen and oxygen atoms in total. The first kappa shape index (κ1) is 15.1. The van der Waals surface area contributed by atoms with Crippen LogP contribution in [0.4, 0.5) is 5.69 Å². The van der Waals surface area contributed by atoms with E-state index in [1.807, 2.05) is 31.2 Å². The Morgan fingerprint density at radius 1 is 1.50 bits per heavy atom. The maximum absolute atomic E-state index is 11.6. The van der Waals surface area contributed by atoms with Gasteiger partial charge in [0.05, 0.1) is 12.6 Å². The van der Waals surface area contributed by atoms with Crippen molar-refractivity contribution in [2.75, 3.05) is 18.4 Å². The number of aliphatic hydroxyl groups is 1. The quantitative estimate of drug-likeness (QED) is 0.676. The van der Waals surface area contributed by atoms with Gasteiger partial charge in [-0.25, -0.2) is 0 Å². The molecule has 1 atom stereocenters. The summed E-state index contributed by atoms with van der Waals surface area (Å²) in [5, 5.41) is 15.1. The molecule has 3 N–H and O–H groups in total. The second-order valence-electron chi connectivity index (χ2n) is 4.09. The van der Waals surface area contributed by atoms with Crippen molar-refractivity contribution in [3.8, 4) is 0 Å². The molecule has 1 aromatic carbocycles. The summed E-state index contributed by atoms with van der Waals surface area (Å²) in [6.07, 6.45) is 1.12. The van der Waals surface area contributed by atoms with Crippen LogP contribution in [0.25, 0.3) is 0 Å². The maximum Gasteiger partial charge on any atom is 0.238 e. The standard InChI is InChI=1S/C13H19BrN2O2/c1-2-12(17)6-7-15-9-13(18)16-11-5-3-4-10(14)8-11/h3-5,8,12,15,17H,2,6-7,9H2,1H3,(H,16,18). The van der Waals surface area contributed by atoms with Gasteiger partial charge in [-0.3, -0.25) is 4.79 Å². The Morgan fingerprint density at radius 3 is 2.94 bits per heavy atom. The molecule has 100 valence electrons. The summed E-state index contributed by atoms with van der Waals surface area (Å²) in [5.74, 6) is -0.0842. The van der Waals surface area contributed by atoms with Crippen LogP contribution in [0.2, 0.25) is 0 Å². The SMILES string of the molecule is CCC(O)CCNCC(=O)Nc1cccc(Br)c1. The summed E-state index contributed by atoms with van der Waals surface area (Å²) in [5.41, 5.74) is 0.768. The average molecular weight is 315 g/mol. The Morgan fingerprint density at radius 2 is 2.28 bits per heavy atom. The smallest absolute Gasteiger partial charge is 0.238 e. The average Bonchev–Trinajstić information content (AvgIpc) is 2.34. The van der Waals surface area contributed by atoms with Crippen LogP contribution in [0, 0.1) is 0 Å². The summed E-state index contributed by atoms with van der Waals surface area (Å²) in [7, 11) is 0. The normalized spacial score (nSPS) is 12.2. The van der Waals surface area contributed by atoms with E-state index in [1.165, 1.54) is 0 Å². The van der Waals surface area contributed by atoms with Crippen LogP contribution in [-0.2, 0) is 4.79 Å². The number of aliphatic hydroxyl groups excluding tert-OH is 1. The lowest BCUT2D eigenvalue weighted by atomic mass is 10.2. The molecule has 0 aliphatic heterocycles. The van der Waals surface area contributed by atoms with Gasteiger partial charge in [-0.05, 0) is 37.6 Å². The molecule has 0 fully saturated rings. The van der Waals surface area contributed by atoms with E-state index in [2.05, 4.69) is 26.6 Å². The summed E-state index contributed by atoms with van der Waals surface area (Å²) in [6, 6.07) is 7.45. The van der Waals surface area contributed by atoms with E-state index in [9.17, 15) is 9.90 Å². The third kappa shape index (κ3) is 6.14. The van der Waals surface area contributed by atoms with Gasteiger partial charge < -0.3 is 15.7 Å². The lowest BCUT2D eigenvalue weighted by Gasteiger charge is -2.09. The number of amides is 1. The monoisotopic (exact) mass is 314 g/mol. The number of hydrogen-bond donors (Lipinski definition) is 3. The van der Waals surface area contributed by atoms with Crippen LogP contribution >= 0.6 is 15.9 Å². The van der Waals surface area contributed by atoms with Crippen molar-refractivity contribution in [3.05, 3.63) is 28.7 Å². The van der Waals surface area contributed by atoms with Crippen molar-refractivity contribution in [1.29, 1.82) is 0 Å². The first-order valence-electron chi connectivity index (χ1n) is 6.06. The zero-order chi connectivity index (χ0) is 13.4. The fourth-order valence-electron chi connectivity index (χ4n) is 1.45. The number of nitrogens with one attached hydrogen (secondary N) is 2. The first-order chi connectivity index (χ1) is 8.61. The predicted octanol–water partition coefficient (Wildman–Crippen LogP) is 2.14. The molecule has 5 heteroatoms. The molecule has 0 radical (unpaired) electrons. The largest absolute Gasteiger partial charge is 0.393 e. The number of hydrogen-bond acceptors (Lipinski definition) is 3. The van der Waals surface area contributed by atoms with E-state index in [-0.39, 0.29) is 18.6 Å². The summed E-state index contributed by atoms with van der Waals surface area (Å²) >= 11 is 3.35. The van der Waals surface area contributed by atoms with Gasteiger partial charge in [0.25, 0.3) is 0 Å². The van der Waals surface area contributed by atoms with Gasteiger partial charge in [-0.15, -0.1) is 0 Å². The highest BCUT2D eigenvalue weighted by atomic mass is 79.9. The van der Waals surface area contributed by atoms with Crippen molar-refractivity contribution in [1.82, 2.24) is 5.32 Å². The van der Waals surface area contributed by atoms with Crippen molar-refractivity contribution >= 4 is 27.5 Å². The molecule has 0 saturated heterocycles. The molecule has 18 heavy (non-hydrogen) atoms. The molecule has 0 spiro atoms. The lowest BCUT2D eigenvalue weighted by Crippen LogP contribution is -2.30. The van der Waals surface area contributed by atoms with Gasteiger partial charge in [0.15, 0.2) is 0 Å². The highest BCUT2D eigenvalue weighted by Gasteiger charge is 2.03. The van der Waals surface area contributed by atoms with Gasteiger partial charge >= 0.3 is 0 Å². The van der Waals surface area contributed by atoms with Crippen LogP contribution in [0.3, 0.4) is 0 Å². The zero-order valence-electron chi connectivity index (χ0n) is 10.4. The molecule has 0 aliphatic carbocycles. The molecule has 0 heterocycles. The molecule has 0 aliphatic rings. The fraction of sp³-hybridized carbons (Fsp3) is 0.462. The number of benzene rings is 1. The molecular formula is C13H19BrN2O2. The Bertz CT molecular complexity index is 385. The molecule has 0 aromatic heterocycles. The van der Waals surface area contributed by atoms with E-state index in [4.69, 9.17) is 0 Å². The molecule has 0 bridgehead atoms. The minimum atomic E-state index is -0.286. The van der Waals surface area contributed by atoms with Crippen molar-refractivity contribution in [2.24, 2.45) is 0 Å². The Kier molecular flexibility index (Phi) is 6.93. The van der Waals surface area contributed by atoms with Crippen LogP contribution in [-0.4, -0.2) is 30.2 Å². The van der Waals surface area contributed by atoms with Crippen LogP contribution in [0.1, 0.15) is 19.8 Å². The second-order valence-corrected chi connectivity index (χ2v) is 5.00. The van der Waals surface area contributed by atoms with Crippen LogP contribution < -0.4 is 10.6 Å². The van der Waals surface area contributed by atoms with Crippen molar-refractivity contribution < 1.29 is 9.90 Å². The molecule has 1 rings (SSSR count). The van der Waals surface area contributed by atoms with E-state index in [1.54, 1.807) is 0 Å². The third-order valence-electron chi connectivity index (χ3n) is 2.52. The van der Waals surface area contributed by atoms with Crippen molar-refractivity contribution in [2.45, 2.75) is 25.9 Å². The number of halogens is 1. The zero-order valence-corrected chi connectivity index (χ0v) is 12.0. The Balaban J connectivity index is 2.22. The fourth-order valence-corrected chi connectivity index (χ4v) is 1.85. The maximum atomic E-state index is 11.6. The number of anilines is 1. The van der Waals surface area contributed by atoms with Crippen LogP contribution in [0.15, 0.2) is 28.7 Å². The summed E-state index contributed by atoms with van der Waals surface area (Å²) in [4.78, 5) is 11.6. The Hall–Kier alpha value is -0.910. The Labute approximate surface area is 116 Å². The van der Waals surface area contributed by atoms with Gasteiger partial charge in [0.1, 0.15) is 0 Å². The van der Waals surface area contributed by atoms with E-state index in [0.717, 1.165) is 16.6 Å². The number of carbonyl (C=O) groups is 1. The van der Waals surface area contributed by atoms with Gasteiger partial charge in [-0.1, -0.05) is 28.9 Å². The first-order valence-corrected chi connectivity index (χ1v) is 6.85. The molecular weight excluding hydrogens is 296 g/mol. The van der Waals surface area contributed by atoms with Gasteiger partial charge in [0.2, 0.25) is 5.91 Å². The highest BCUT2D eigenvalue weighted by Crippen LogP contribution is 2.15. The number of rotatable bonds is 7. The highest BCUT2D eigenvalue weighted by molar-refractivity contribution is 9.10. The minimum absolute atomic E-state index is 0.0842. The van der Waals surface area contributed by atoms with Gasteiger partial charge in [0, 0.05) is 10.2 Å². The molecule has 1 aromatic rings. The summed E-state index contributed by atoms with van der Waals surface area (Å²) < 4.78 is 0.930. The van der Waals surface area contributed by atoms with E-state index >= 15 is 0 Å². The van der Waals surface area contributed by atoms with E-state index in [0.29, 0.717) is 13.0 Å².